The lowest BCUT2D eigenvalue weighted by molar-refractivity contribution is -0.899. The van der Waals surface area contributed by atoms with Gasteiger partial charge in [-0.05, 0) is 55.4 Å². The number of carbonyl (C=O) groups is 2. The van der Waals surface area contributed by atoms with E-state index < -0.39 is 0 Å². The Morgan fingerprint density at radius 1 is 1.18 bits per heavy atom. The molecular formula is C30H46NO3+. The predicted molar refractivity (Wildman–Crippen MR) is 139 cm³/mol. The van der Waals surface area contributed by atoms with Gasteiger partial charge in [-0.15, -0.1) is 0 Å². The molecule has 0 N–H and O–H groups in total. The second-order valence-electron chi connectivity index (χ2n) is 12.2. The van der Waals surface area contributed by atoms with E-state index in [0.29, 0.717) is 18.6 Å². The van der Waals surface area contributed by atoms with Gasteiger partial charge in [-0.25, -0.2) is 0 Å². The van der Waals surface area contributed by atoms with Gasteiger partial charge < -0.3 is 9.22 Å². The van der Waals surface area contributed by atoms with Crippen LogP contribution >= 0.6 is 0 Å². The topological polar surface area (TPSA) is 43.4 Å². The van der Waals surface area contributed by atoms with Crippen LogP contribution in [0.25, 0.3) is 0 Å². The highest BCUT2D eigenvalue weighted by atomic mass is 16.5. The van der Waals surface area contributed by atoms with Gasteiger partial charge in [-0.1, -0.05) is 46.3 Å². The normalized spacial score (nSPS) is 28.1. The molecule has 1 fully saturated rings. The Labute approximate surface area is 207 Å². The second kappa shape index (κ2) is 10.8. The Hall–Kier alpha value is -1.94. The molecule has 1 heterocycles. The van der Waals surface area contributed by atoms with Crippen LogP contribution in [-0.4, -0.2) is 49.3 Å². The van der Waals surface area contributed by atoms with E-state index in [1.807, 2.05) is 38.1 Å². The number of allylic oxidation sites excluding steroid dienone is 2. The summed E-state index contributed by atoms with van der Waals surface area (Å²) in [6.45, 7) is 17.0. The predicted octanol–water partition coefficient (Wildman–Crippen LogP) is 6.35. The van der Waals surface area contributed by atoms with E-state index in [2.05, 4.69) is 40.8 Å². The zero-order chi connectivity index (χ0) is 25.1. The molecule has 0 aromatic heterocycles. The summed E-state index contributed by atoms with van der Waals surface area (Å²) in [6.07, 6.45) is 6.04. The zero-order valence-corrected chi connectivity index (χ0v) is 22.5. The van der Waals surface area contributed by atoms with Crippen molar-refractivity contribution in [2.45, 2.75) is 67.2 Å². The third-order valence-electron chi connectivity index (χ3n) is 8.56. The van der Waals surface area contributed by atoms with Crippen molar-refractivity contribution in [2.75, 3.05) is 33.3 Å². The van der Waals surface area contributed by atoms with Gasteiger partial charge in [0.2, 0.25) is 0 Å². The van der Waals surface area contributed by atoms with Crippen LogP contribution in [0, 0.1) is 29.1 Å². The maximum absolute atomic E-state index is 13.2. The second-order valence-corrected chi connectivity index (χ2v) is 12.2. The number of nitrogens with zero attached hydrogens (tertiary/aromatic N) is 1. The van der Waals surface area contributed by atoms with Crippen molar-refractivity contribution in [1.82, 2.24) is 0 Å². The third kappa shape index (κ3) is 6.38. The highest BCUT2D eigenvalue weighted by Gasteiger charge is 2.38. The lowest BCUT2D eigenvalue weighted by Gasteiger charge is -2.38. The monoisotopic (exact) mass is 468 g/mol. The lowest BCUT2D eigenvalue weighted by atomic mass is 9.65. The molecule has 188 valence electrons. The van der Waals surface area contributed by atoms with Gasteiger partial charge >= 0.3 is 0 Å². The summed E-state index contributed by atoms with van der Waals surface area (Å²) >= 11 is 0. The van der Waals surface area contributed by atoms with E-state index >= 15 is 0 Å². The molecule has 4 nitrogen and oxygen atoms in total. The number of likely N-dealkylation sites (N-methyl/N-ethyl adjacent to an activating group) is 1. The minimum atomic E-state index is -0.201. The number of hydrogen-bond acceptors (Lipinski definition) is 3. The quantitative estimate of drug-likeness (QED) is 0.228. The van der Waals surface area contributed by atoms with Crippen molar-refractivity contribution in [2.24, 2.45) is 29.1 Å². The number of benzene rings is 1. The Balaban J connectivity index is 1.53. The van der Waals surface area contributed by atoms with E-state index in [1.54, 1.807) is 0 Å². The molecule has 1 aromatic rings. The van der Waals surface area contributed by atoms with E-state index in [9.17, 15) is 9.59 Å². The standard InChI is InChI=1S/C30H46NO3/c1-21-14-16-31(7,20-21)17-18-34-26-12-10-25(11-13-26)29(33)24(4)23(3)19-27(32)28-22(2)9-8-15-30(28,5)6/h9-13,21,23-24,28H,8,14-20H2,1-7H3/q+1. The average molecular weight is 469 g/mol. The van der Waals surface area contributed by atoms with Crippen LogP contribution in [0.4, 0.5) is 0 Å². The highest BCUT2D eigenvalue weighted by Crippen LogP contribution is 2.42. The molecule has 5 unspecified atom stereocenters. The number of hydrogen-bond donors (Lipinski definition) is 0. The first-order valence-corrected chi connectivity index (χ1v) is 13.2. The summed E-state index contributed by atoms with van der Waals surface area (Å²) in [6, 6.07) is 7.55. The van der Waals surface area contributed by atoms with Gasteiger partial charge in [-0.2, -0.15) is 0 Å². The number of ketones is 2. The molecule has 2 aliphatic rings. The van der Waals surface area contributed by atoms with Gasteiger partial charge in [0.05, 0.1) is 20.1 Å². The summed E-state index contributed by atoms with van der Waals surface area (Å²) in [5.74, 6) is 1.76. The van der Waals surface area contributed by atoms with E-state index in [-0.39, 0.29) is 34.7 Å². The average Bonchev–Trinajstić information content (AvgIpc) is 3.10. The molecule has 0 spiro atoms. The van der Waals surface area contributed by atoms with Gasteiger partial charge in [-0.3, -0.25) is 9.59 Å². The molecule has 34 heavy (non-hydrogen) atoms. The molecule has 0 amide bonds. The van der Waals surface area contributed by atoms with Crippen LogP contribution < -0.4 is 4.74 Å². The number of quaternary nitrogens is 1. The van der Waals surface area contributed by atoms with Gasteiger partial charge in [0, 0.05) is 36.2 Å². The molecule has 1 aliphatic heterocycles. The summed E-state index contributed by atoms with van der Waals surface area (Å²) in [7, 11) is 2.31. The van der Waals surface area contributed by atoms with E-state index in [1.165, 1.54) is 25.1 Å². The molecule has 0 saturated carbocycles. The van der Waals surface area contributed by atoms with Crippen LogP contribution in [0.3, 0.4) is 0 Å². The van der Waals surface area contributed by atoms with Gasteiger partial charge in [0.15, 0.2) is 5.78 Å². The smallest absolute Gasteiger partial charge is 0.165 e. The van der Waals surface area contributed by atoms with Crippen LogP contribution in [0.5, 0.6) is 5.75 Å². The largest absolute Gasteiger partial charge is 0.488 e. The Morgan fingerprint density at radius 2 is 1.85 bits per heavy atom. The molecule has 0 bridgehead atoms. The van der Waals surface area contributed by atoms with Crippen molar-refractivity contribution in [3.63, 3.8) is 0 Å². The first-order valence-electron chi connectivity index (χ1n) is 13.2. The third-order valence-corrected chi connectivity index (χ3v) is 8.56. The number of Topliss-reactive ketones (excluding diaryl/α,β-unsaturated/α-hetero) is 2. The minimum absolute atomic E-state index is 0.00812. The van der Waals surface area contributed by atoms with Crippen molar-refractivity contribution >= 4 is 11.6 Å². The maximum atomic E-state index is 13.2. The molecule has 1 aliphatic carbocycles. The number of likely N-dealkylation sites (tertiary alicyclic amines) is 1. The fourth-order valence-electron chi connectivity index (χ4n) is 6.14. The van der Waals surface area contributed by atoms with E-state index in [4.69, 9.17) is 4.74 Å². The summed E-state index contributed by atoms with van der Waals surface area (Å²) in [5.41, 5.74) is 1.88. The summed E-state index contributed by atoms with van der Waals surface area (Å²) in [4.78, 5) is 26.4. The fourth-order valence-corrected chi connectivity index (χ4v) is 6.14. The maximum Gasteiger partial charge on any atom is 0.165 e. The van der Waals surface area contributed by atoms with Crippen LogP contribution in [0.15, 0.2) is 35.9 Å². The van der Waals surface area contributed by atoms with Crippen molar-refractivity contribution in [1.29, 1.82) is 0 Å². The first kappa shape index (κ1) is 26.7. The number of carbonyl (C=O) groups excluding carboxylic acids is 2. The summed E-state index contributed by atoms with van der Waals surface area (Å²) in [5, 5.41) is 0. The van der Waals surface area contributed by atoms with Crippen molar-refractivity contribution < 1.29 is 18.8 Å². The first-order chi connectivity index (χ1) is 15.9. The molecule has 4 heteroatoms. The lowest BCUT2D eigenvalue weighted by Crippen LogP contribution is -2.44. The highest BCUT2D eigenvalue weighted by molar-refractivity contribution is 5.98. The van der Waals surface area contributed by atoms with Gasteiger partial charge in [0.25, 0.3) is 0 Å². The van der Waals surface area contributed by atoms with Crippen molar-refractivity contribution in [3.8, 4) is 5.75 Å². The number of ether oxygens (including phenoxy) is 1. The minimum Gasteiger partial charge on any atom is -0.488 e. The van der Waals surface area contributed by atoms with Crippen LogP contribution in [-0.2, 0) is 4.79 Å². The fraction of sp³-hybridized carbons (Fsp3) is 0.667. The van der Waals surface area contributed by atoms with Crippen LogP contribution in [0.2, 0.25) is 0 Å². The SMILES string of the molecule is CC1=CCCC(C)(C)C1C(=O)CC(C)C(C)C(=O)c1ccc(OCC[N+]2(C)CCC(C)C2)cc1. The van der Waals surface area contributed by atoms with Crippen molar-refractivity contribution in [3.05, 3.63) is 41.5 Å². The van der Waals surface area contributed by atoms with Gasteiger partial charge in [0.1, 0.15) is 24.7 Å². The Morgan fingerprint density at radius 3 is 2.44 bits per heavy atom. The summed E-state index contributed by atoms with van der Waals surface area (Å²) < 4.78 is 7.07. The molecule has 1 saturated heterocycles. The molecule has 3 rings (SSSR count). The van der Waals surface area contributed by atoms with Crippen LogP contribution in [0.1, 0.15) is 77.6 Å². The molecular weight excluding hydrogens is 422 g/mol. The van der Waals surface area contributed by atoms with E-state index in [0.717, 1.165) is 35.5 Å². The number of rotatable bonds is 10. The zero-order valence-electron chi connectivity index (χ0n) is 22.5. The Bertz CT molecular complexity index is 900. The molecule has 1 aromatic carbocycles. The molecule has 0 radical (unpaired) electrons. The Kier molecular flexibility index (Phi) is 8.44. The molecule has 5 atom stereocenters.